The van der Waals surface area contributed by atoms with E-state index in [1.807, 2.05) is 6.07 Å². The highest BCUT2D eigenvalue weighted by Crippen LogP contribution is 2.17. The molecule has 0 heterocycles. The maximum Gasteiger partial charge on any atom is 0.315 e. The SMILES string of the molecule is N#CCCCNC(=O)NC1CCC1. The summed E-state index contributed by atoms with van der Waals surface area (Å²) in [4.78, 5) is 11.1. The van der Waals surface area contributed by atoms with Gasteiger partial charge in [-0.3, -0.25) is 0 Å². The molecule has 1 aliphatic carbocycles. The number of rotatable bonds is 4. The van der Waals surface area contributed by atoms with Crippen LogP contribution in [0.3, 0.4) is 0 Å². The zero-order valence-corrected chi connectivity index (χ0v) is 7.68. The molecule has 2 amide bonds. The van der Waals surface area contributed by atoms with E-state index >= 15 is 0 Å². The van der Waals surface area contributed by atoms with Crippen molar-refractivity contribution in [2.75, 3.05) is 6.54 Å². The number of amides is 2. The average Bonchev–Trinajstić information content (AvgIpc) is 2.06. The van der Waals surface area contributed by atoms with Crippen molar-refractivity contribution in [2.45, 2.75) is 38.1 Å². The first-order valence-electron chi connectivity index (χ1n) is 4.74. The molecule has 0 unspecified atom stereocenters. The van der Waals surface area contributed by atoms with Crippen LogP contribution in [0.15, 0.2) is 0 Å². The lowest BCUT2D eigenvalue weighted by Crippen LogP contribution is -2.45. The molecule has 0 spiro atoms. The smallest absolute Gasteiger partial charge is 0.315 e. The second-order valence-electron chi connectivity index (χ2n) is 3.29. The maximum atomic E-state index is 11.1. The van der Waals surface area contributed by atoms with E-state index in [1.54, 1.807) is 0 Å². The van der Waals surface area contributed by atoms with Crippen LogP contribution in [0.4, 0.5) is 4.79 Å². The van der Waals surface area contributed by atoms with Crippen molar-refractivity contribution in [3.05, 3.63) is 0 Å². The van der Waals surface area contributed by atoms with Crippen LogP contribution >= 0.6 is 0 Å². The fourth-order valence-electron chi connectivity index (χ4n) is 1.16. The van der Waals surface area contributed by atoms with Gasteiger partial charge < -0.3 is 10.6 Å². The molecule has 1 aliphatic rings. The Hall–Kier alpha value is -1.24. The van der Waals surface area contributed by atoms with Gasteiger partial charge in [-0.25, -0.2) is 4.79 Å². The highest BCUT2D eigenvalue weighted by molar-refractivity contribution is 5.74. The zero-order chi connectivity index (χ0) is 9.52. The van der Waals surface area contributed by atoms with Crippen LogP contribution in [0.25, 0.3) is 0 Å². The van der Waals surface area contributed by atoms with Crippen molar-refractivity contribution in [2.24, 2.45) is 0 Å². The van der Waals surface area contributed by atoms with Gasteiger partial charge in [-0.1, -0.05) is 0 Å². The summed E-state index contributed by atoms with van der Waals surface area (Å²) in [5.41, 5.74) is 0. The van der Waals surface area contributed by atoms with Crippen molar-refractivity contribution in [1.82, 2.24) is 10.6 Å². The van der Waals surface area contributed by atoms with E-state index < -0.39 is 0 Å². The van der Waals surface area contributed by atoms with Gasteiger partial charge in [-0.05, 0) is 25.7 Å². The Morgan fingerprint density at radius 2 is 2.31 bits per heavy atom. The summed E-state index contributed by atoms with van der Waals surface area (Å²) in [6, 6.07) is 2.32. The third-order valence-electron chi connectivity index (χ3n) is 2.19. The first-order chi connectivity index (χ1) is 6.33. The maximum absolute atomic E-state index is 11.1. The number of carbonyl (C=O) groups is 1. The van der Waals surface area contributed by atoms with E-state index in [1.165, 1.54) is 6.42 Å². The topological polar surface area (TPSA) is 64.9 Å². The lowest BCUT2D eigenvalue weighted by Gasteiger charge is -2.26. The fraction of sp³-hybridized carbons (Fsp3) is 0.778. The standard InChI is InChI=1S/C9H15N3O/c10-6-1-2-7-11-9(13)12-8-4-3-5-8/h8H,1-5,7H2,(H2,11,12,13). The van der Waals surface area contributed by atoms with Crippen molar-refractivity contribution in [1.29, 1.82) is 5.26 Å². The number of unbranched alkanes of at least 4 members (excludes halogenated alkanes) is 1. The van der Waals surface area contributed by atoms with Gasteiger partial charge in [0.15, 0.2) is 0 Å². The Morgan fingerprint density at radius 3 is 2.85 bits per heavy atom. The van der Waals surface area contributed by atoms with E-state index in [0.29, 0.717) is 19.0 Å². The number of hydrogen-bond acceptors (Lipinski definition) is 2. The number of carbonyl (C=O) groups excluding carboxylic acids is 1. The molecule has 1 saturated carbocycles. The van der Waals surface area contributed by atoms with Gasteiger partial charge in [0.2, 0.25) is 0 Å². The number of nitriles is 1. The zero-order valence-electron chi connectivity index (χ0n) is 7.68. The lowest BCUT2D eigenvalue weighted by molar-refractivity contribution is 0.228. The first-order valence-corrected chi connectivity index (χ1v) is 4.74. The molecule has 1 fully saturated rings. The molecule has 0 radical (unpaired) electrons. The van der Waals surface area contributed by atoms with Crippen molar-refractivity contribution in [3.63, 3.8) is 0 Å². The summed E-state index contributed by atoms with van der Waals surface area (Å²) < 4.78 is 0. The van der Waals surface area contributed by atoms with Gasteiger partial charge >= 0.3 is 6.03 Å². The van der Waals surface area contributed by atoms with Crippen LogP contribution in [-0.2, 0) is 0 Å². The van der Waals surface area contributed by atoms with E-state index in [2.05, 4.69) is 10.6 Å². The summed E-state index contributed by atoms with van der Waals surface area (Å²) in [5, 5.41) is 13.8. The second kappa shape index (κ2) is 5.41. The van der Waals surface area contributed by atoms with Gasteiger partial charge in [-0.15, -0.1) is 0 Å². The highest BCUT2D eigenvalue weighted by atomic mass is 16.2. The van der Waals surface area contributed by atoms with E-state index in [0.717, 1.165) is 19.3 Å². The quantitative estimate of drug-likeness (QED) is 0.639. The second-order valence-corrected chi connectivity index (χ2v) is 3.29. The molecule has 13 heavy (non-hydrogen) atoms. The largest absolute Gasteiger partial charge is 0.338 e. The molecule has 0 saturated heterocycles. The summed E-state index contributed by atoms with van der Waals surface area (Å²) >= 11 is 0. The van der Waals surface area contributed by atoms with Crippen molar-refractivity contribution < 1.29 is 4.79 Å². The van der Waals surface area contributed by atoms with Gasteiger partial charge in [-0.2, -0.15) is 5.26 Å². The molecule has 0 atom stereocenters. The number of nitrogens with one attached hydrogen (secondary N) is 2. The molecule has 2 N–H and O–H groups in total. The summed E-state index contributed by atoms with van der Waals surface area (Å²) in [7, 11) is 0. The molecule has 0 aromatic rings. The fourth-order valence-corrected chi connectivity index (χ4v) is 1.16. The summed E-state index contributed by atoms with van der Waals surface area (Å²) in [5.74, 6) is 0. The number of urea groups is 1. The lowest BCUT2D eigenvalue weighted by atomic mass is 9.93. The van der Waals surface area contributed by atoms with E-state index in [-0.39, 0.29) is 6.03 Å². The predicted octanol–water partition coefficient (Wildman–Crippen LogP) is 1.14. The predicted molar refractivity (Wildman–Crippen MR) is 49.0 cm³/mol. The van der Waals surface area contributed by atoms with Crippen LogP contribution in [-0.4, -0.2) is 18.6 Å². The highest BCUT2D eigenvalue weighted by Gasteiger charge is 2.18. The van der Waals surface area contributed by atoms with Crippen LogP contribution in [0, 0.1) is 11.3 Å². The Bertz CT molecular complexity index is 205. The third kappa shape index (κ3) is 3.79. The summed E-state index contributed by atoms with van der Waals surface area (Å²) in [6.45, 7) is 0.589. The molecule has 4 nitrogen and oxygen atoms in total. The van der Waals surface area contributed by atoms with Crippen molar-refractivity contribution >= 4 is 6.03 Å². The van der Waals surface area contributed by atoms with Gasteiger partial charge in [0, 0.05) is 19.0 Å². The molecule has 1 rings (SSSR count). The minimum atomic E-state index is -0.0948. The van der Waals surface area contributed by atoms with Crippen LogP contribution < -0.4 is 10.6 Å². The normalized spacial score (nSPS) is 15.6. The minimum absolute atomic E-state index is 0.0948. The number of hydrogen-bond donors (Lipinski definition) is 2. The Morgan fingerprint density at radius 1 is 1.54 bits per heavy atom. The van der Waals surface area contributed by atoms with Crippen LogP contribution in [0.1, 0.15) is 32.1 Å². The van der Waals surface area contributed by atoms with Crippen molar-refractivity contribution in [3.8, 4) is 6.07 Å². The summed E-state index contributed by atoms with van der Waals surface area (Å²) in [6.07, 6.45) is 4.66. The van der Waals surface area contributed by atoms with Gasteiger partial charge in [0.05, 0.1) is 6.07 Å². The van der Waals surface area contributed by atoms with E-state index in [9.17, 15) is 4.79 Å². The Labute approximate surface area is 78.3 Å². The third-order valence-corrected chi connectivity index (χ3v) is 2.19. The number of nitrogens with zero attached hydrogens (tertiary/aromatic N) is 1. The van der Waals surface area contributed by atoms with Gasteiger partial charge in [0.25, 0.3) is 0 Å². The van der Waals surface area contributed by atoms with Crippen LogP contribution in [0.2, 0.25) is 0 Å². The van der Waals surface area contributed by atoms with E-state index in [4.69, 9.17) is 5.26 Å². The monoisotopic (exact) mass is 181 g/mol. The molecule has 0 aliphatic heterocycles. The molecule has 72 valence electrons. The Balaban J connectivity index is 1.94. The first kappa shape index (κ1) is 9.85. The molecular formula is C9H15N3O. The molecule has 0 bridgehead atoms. The average molecular weight is 181 g/mol. The molecular weight excluding hydrogens is 166 g/mol. The molecule has 0 aromatic carbocycles. The Kier molecular flexibility index (Phi) is 4.10. The molecule has 4 heteroatoms. The molecule has 0 aromatic heterocycles. The van der Waals surface area contributed by atoms with Crippen LogP contribution in [0.5, 0.6) is 0 Å². The minimum Gasteiger partial charge on any atom is -0.338 e. The van der Waals surface area contributed by atoms with Gasteiger partial charge in [0.1, 0.15) is 0 Å².